The minimum absolute atomic E-state index is 0.00506. The van der Waals surface area contributed by atoms with Crippen molar-refractivity contribution >= 4 is 28.5 Å². The largest absolute Gasteiger partial charge is 0.482 e. The maximum Gasteiger partial charge on any atom is 0.341 e. The topological polar surface area (TPSA) is 75.0 Å². The Morgan fingerprint density at radius 1 is 1.00 bits per heavy atom. The van der Waals surface area contributed by atoms with E-state index in [1.54, 1.807) is 12.1 Å². The molecule has 0 unspecified atom stereocenters. The number of amides is 1. The highest BCUT2D eigenvalue weighted by molar-refractivity contribution is 5.99. The van der Waals surface area contributed by atoms with Crippen molar-refractivity contribution in [1.29, 1.82) is 0 Å². The molecule has 1 aromatic heterocycles. The second-order valence-corrected chi connectivity index (χ2v) is 9.54. The molecule has 0 atom stereocenters. The predicted octanol–water partition coefficient (Wildman–Crippen LogP) is 3.90. The van der Waals surface area contributed by atoms with Crippen LogP contribution in [-0.4, -0.2) is 59.2 Å². The number of nitrogens with zero attached hydrogens (tertiary/aromatic N) is 3. The summed E-state index contributed by atoms with van der Waals surface area (Å²) in [6.45, 7) is 9.17. The van der Waals surface area contributed by atoms with Crippen LogP contribution in [0.15, 0.2) is 48.5 Å². The van der Waals surface area contributed by atoms with Gasteiger partial charge in [0.1, 0.15) is 11.4 Å². The van der Waals surface area contributed by atoms with E-state index < -0.39 is 12.6 Å². The van der Waals surface area contributed by atoms with Crippen LogP contribution < -0.4 is 9.64 Å². The van der Waals surface area contributed by atoms with Crippen LogP contribution in [0.1, 0.15) is 36.8 Å². The first-order valence-electron chi connectivity index (χ1n) is 11.2. The van der Waals surface area contributed by atoms with Crippen LogP contribution in [0.25, 0.3) is 10.9 Å². The Morgan fingerprint density at radius 3 is 2.36 bits per heavy atom. The number of piperazine rings is 1. The molecule has 7 nitrogen and oxygen atoms in total. The summed E-state index contributed by atoms with van der Waals surface area (Å²) < 4.78 is 7.17. The quantitative estimate of drug-likeness (QED) is 0.639. The lowest BCUT2D eigenvalue weighted by Crippen LogP contribution is -2.49. The van der Waals surface area contributed by atoms with Gasteiger partial charge in [-0.1, -0.05) is 39.0 Å². The van der Waals surface area contributed by atoms with Crippen molar-refractivity contribution in [3.8, 4) is 5.75 Å². The standard InChI is InChI=1S/C26H31N3O4/c1-26(2,3)20-7-5-6-8-22(20)28-11-13-29(14-12-28)25(32)23-16-18-15-19(33-17-24(30)31)9-10-21(18)27(23)4/h5-10,15-16H,11-14,17H2,1-4H3,(H,30,31). The molecule has 0 saturated carbocycles. The highest BCUT2D eigenvalue weighted by Gasteiger charge is 2.27. The van der Waals surface area contributed by atoms with Crippen molar-refractivity contribution in [2.45, 2.75) is 26.2 Å². The van der Waals surface area contributed by atoms with E-state index in [1.165, 1.54) is 11.3 Å². The molecule has 174 valence electrons. The van der Waals surface area contributed by atoms with Gasteiger partial charge in [0.25, 0.3) is 5.91 Å². The van der Waals surface area contributed by atoms with Crippen LogP contribution in [0.2, 0.25) is 0 Å². The van der Waals surface area contributed by atoms with Crippen LogP contribution in [0, 0.1) is 0 Å². The number of carbonyl (C=O) groups excluding carboxylic acids is 1. The molecule has 1 aliphatic rings. The second kappa shape index (κ2) is 8.81. The molecule has 7 heteroatoms. The molecule has 1 saturated heterocycles. The number of benzene rings is 2. The second-order valence-electron chi connectivity index (χ2n) is 9.54. The van der Waals surface area contributed by atoms with Gasteiger partial charge in [0, 0.05) is 49.8 Å². The fourth-order valence-electron chi connectivity index (χ4n) is 4.46. The van der Waals surface area contributed by atoms with Gasteiger partial charge in [-0.2, -0.15) is 0 Å². The summed E-state index contributed by atoms with van der Waals surface area (Å²) in [5.74, 6) is -0.547. The smallest absolute Gasteiger partial charge is 0.341 e. The van der Waals surface area contributed by atoms with Gasteiger partial charge in [0.05, 0.1) is 0 Å². The Morgan fingerprint density at radius 2 is 1.70 bits per heavy atom. The number of hydrogen-bond acceptors (Lipinski definition) is 4. The average Bonchev–Trinajstić information content (AvgIpc) is 3.12. The first-order valence-corrected chi connectivity index (χ1v) is 11.2. The van der Waals surface area contributed by atoms with E-state index in [2.05, 4.69) is 49.9 Å². The Labute approximate surface area is 194 Å². The molecule has 1 fully saturated rings. The monoisotopic (exact) mass is 449 g/mol. The minimum Gasteiger partial charge on any atom is -0.482 e. The number of carbonyl (C=O) groups is 2. The number of aromatic nitrogens is 1. The number of fused-ring (bicyclic) bond motifs is 1. The fourth-order valence-corrected chi connectivity index (χ4v) is 4.46. The van der Waals surface area contributed by atoms with E-state index >= 15 is 0 Å². The van der Waals surface area contributed by atoms with Gasteiger partial charge in [0.15, 0.2) is 6.61 Å². The molecule has 1 amide bonds. The van der Waals surface area contributed by atoms with Crippen molar-refractivity contribution in [2.75, 3.05) is 37.7 Å². The third-order valence-corrected chi connectivity index (χ3v) is 6.21. The summed E-state index contributed by atoms with van der Waals surface area (Å²) in [5.41, 5.74) is 4.14. The maximum absolute atomic E-state index is 13.3. The zero-order chi connectivity index (χ0) is 23.8. The Balaban J connectivity index is 1.49. The molecular formula is C26H31N3O4. The molecule has 1 aliphatic heterocycles. The molecule has 4 rings (SSSR count). The number of anilines is 1. The molecule has 2 heterocycles. The summed E-state index contributed by atoms with van der Waals surface area (Å²) in [6.07, 6.45) is 0. The highest BCUT2D eigenvalue weighted by Crippen LogP contribution is 2.32. The van der Waals surface area contributed by atoms with Gasteiger partial charge >= 0.3 is 5.97 Å². The predicted molar refractivity (Wildman–Crippen MR) is 129 cm³/mol. The summed E-state index contributed by atoms with van der Waals surface area (Å²) in [7, 11) is 1.88. The summed E-state index contributed by atoms with van der Waals surface area (Å²) in [4.78, 5) is 28.4. The Bertz CT molecular complexity index is 1180. The summed E-state index contributed by atoms with van der Waals surface area (Å²) in [5, 5.41) is 9.67. The van der Waals surface area contributed by atoms with Crippen LogP contribution in [0.5, 0.6) is 5.75 Å². The molecule has 0 spiro atoms. The minimum atomic E-state index is -1.02. The SMILES string of the molecule is Cn1c(C(=O)N2CCN(c3ccccc3C(C)(C)C)CC2)cc2cc(OCC(=O)O)ccc21. The summed E-state index contributed by atoms with van der Waals surface area (Å²) >= 11 is 0. The summed E-state index contributed by atoms with van der Waals surface area (Å²) in [6, 6.07) is 15.7. The average molecular weight is 450 g/mol. The van der Waals surface area contributed by atoms with Crippen molar-refractivity contribution in [3.05, 3.63) is 59.8 Å². The maximum atomic E-state index is 13.3. The van der Waals surface area contributed by atoms with Crippen LogP contribution in [0.4, 0.5) is 5.69 Å². The molecule has 33 heavy (non-hydrogen) atoms. The molecule has 0 aliphatic carbocycles. The van der Waals surface area contributed by atoms with E-state index in [1.807, 2.05) is 28.6 Å². The lowest BCUT2D eigenvalue weighted by molar-refractivity contribution is -0.139. The molecule has 1 N–H and O–H groups in total. The normalized spacial score (nSPS) is 14.5. The Hall–Kier alpha value is -3.48. The van der Waals surface area contributed by atoms with Gasteiger partial charge in [-0.05, 0) is 41.3 Å². The van der Waals surface area contributed by atoms with Gasteiger partial charge in [-0.25, -0.2) is 4.79 Å². The lowest BCUT2D eigenvalue weighted by atomic mass is 9.85. The number of hydrogen-bond donors (Lipinski definition) is 1. The van der Waals surface area contributed by atoms with Crippen LogP contribution in [-0.2, 0) is 17.3 Å². The lowest BCUT2D eigenvalue weighted by Gasteiger charge is -2.38. The van der Waals surface area contributed by atoms with Gasteiger partial charge in [-0.3, -0.25) is 4.79 Å². The van der Waals surface area contributed by atoms with E-state index in [0.717, 1.165) is 24.0 Å². The number of aliphatic carboxylic acids is 1. The molecule has 2 aromatic carbocycles. The van der Waals surface area contributed by atoms with Crippen LogP contribution in [0.3, 0.4) is 0 Å². The van der Waals surface area contributed by atoms with Crippen molar-refractivity contribution < 1.29 is 19.4 Å². The van der Waals surface area contributed by atoms with Crippen molar-refractivity contribution in [1.82, 2.24) is 9.47 Å². The van der Waals surface area contributed by atoms with Crippen molar-refractivity contribution in [2.24, 2.45) is 7.05 Å². The van der Waals surface area contributed by atoms with Gasteiger partial charge < -0.3 is 24.2 Å². The number of para-hydroxylation sites is 1. The van der Waals surface area contributed by atoms with Crippen molar-refractivity contribution in [3.63, 3.8) is 0 Å². The number of carboxylic acid groups (broad SMARTS) is 1. The zero-order valence-corrected chi connectivity index (χ0v) is 19.7. The third kappa shape index (κ3) is 4.67. The highest BCUT2D eigenvalue weighted by atomic mass is 16.5. The number of ether oxygens (including phenoxy) is 1. The molecule has 0 radical (unpaired) electrons. The Kier molecular flexibility index (Phi) is 6.06. The van der Waals surface area contributed by atoms with Gasteiger partial charge in [0.2, 0.25) is 0 Å². The molecule has 3 aromatic rings. The van der Waals surface area contributed by atoms with E-state index in [9.17, 15) is 9.59 Å². The van der Waals surface area contributed by atoms with E-state index in [4.69, 9.17) is 9.84 Å². The molecular weight excluding hydrogens is 418 g/mol. The molecule has 0 bridgehead atoms. The van der Waals surface area contributed by atoms with Crippen LogP contribution >= 0.6 is 0 Å². The van der Waals surface area contributed by atoms with E-state index in [-0.39, 0.29) is 11.3 Å². The van der Waals surface area contributed by atoms with Gasteiger partial charge in [-0.15, -0.1) is 0 Å². The van der Waals surface area contributed by atoms with E-state index in [0.29, 0.717) is 24.5 Å². The third-order valence-electron chi connectivity index (χ3n) is 6.21. The first kappa shape index (κ1) is 22.7. The zero-order valence-electron chi connectivity index (χ0n) is 19.7. The first-order chi connectivity index (χ1) is 15.6. The number of rotatable bonds is 5. The fraction of sp³-hybridized carbons (Fsp3) is 0.385. The number of carboxylic acids is 1. The number of aryl methyl sites for hydroxylation is 1.